The molecule has 0 aliphatic carbocycles. The van der Waals surface area contributed by atoms with Crippen molar-refractivity contribution < 1.29 is 0 Å². The smallest absolute Gasteiger partial charge is 0.308 e. The van der Waals surface area contributed by atoms with Crippen LogP contribution in [0.3, 0.4) is 0 Å². The van der Waals surface area contributed by atoms with Crippen molar-refractivity contribution in [3.63, 3.8) is 0 Å². The minimum absolute atomic E-state index is 0.0318. The molecule has 114 valence electrons. The van der Waals surface area contributed by atoms with Gasteiger partial charge in [-0.05, 0) is 12.1 Å². The zero-order chi connectivity index (χ0) is 17.0. The molecule has 0 N–H and O–H groups in total. The summed E-state index contributed by atoms with van der Waals surface area (Å²) in [7, 11) is 0. The summed E-state index contributed by atoms with van der Waals surface area (Å²) in [5.74, 6) is 0.0318. The maximum absolute atomic E-state index is 9.32. The van der Waals surface area contributed by atoms with Crippen LogP contribution >= 0.6 is 0 Å². The molecule has 3 heterocycles. The summed E-state index contributed by atoms with van der Waals surface area (Å²) in [6.07, 6.45) is 0. The van der Waals surface area contributed by atoms with E-state index in [0.717, 1.165) is 27.2 Å². The number of pyridine rings is 1. The van der Waals surface area contributed by atoms with Crippen LogP contribution in [0.4, 0.5) is 5.82 Å². The van der Waals surface area contributed by atoms with Gasteiger partial charge in [0.25, 0.3) is 5.65 Å². The van der Waals surface area contributed by atoms with Gasteiger partial charge in [0.05, 0.1) is 11.0 Å². The number of fused-ring (bicyclic) bond motifs is 8. The Labute approximate surface area is 142 Å². The van der Waals surface area contributed by atoms with E-state index in [1.54, 1.807) is 0 Å². The number of aromatic nitrogens is 3. The van der Waals surface area contributed by atoms with Crippen LogP contribution < -0.4 is 0 Å². The van der Waals surface area contributed by atoms with Gasteiger partial charge in [0.1, 0.15) is 11.6 Å². The van der Waals surface area contributed by atoms with Gasteiger partial charge in [-0.15, -0.1) is 0 Å². The van der Waals surface area contributed by atoms with Crippen LogP contribution in [0.25, 0.3) is 43.2 Å². The van der Waals surface area contributed by atoms with Crippen molar-refractivity contribution in [3.05, 3.63) is 71.7 Å². The normalized spacial score (nSPS) is 11.1. The van der Waals surface area contributed by atoms with Crippen LogP contribution in [0.5, 0.6) is 0 Å². The first kappa shape index (κ1) is 13.5. The minimum atomic E-state index is 0.0318. The molecule has 0 fully saturated rings. The summed E-state index contributed by atoms with van der Waals surface area (Å²) in [5.41, 5.74) is 3.30. The third-order valence-corrected chi connectivity index (χ3v) is 4.45. The second-order valence-electron chi connectivity index (χ2n) is 5.76. The standard InChI is InChI=1S/C20H9N5/c1-22-19-15(11-21)23-18-14-8-4-3-7-13(14)17-10-12-6-2-5-9-16(12)25(17)20(18)24-19/h2-10H. The molecule has 5 aromatic rings. The van der Waals surface area contributed by atoms with Crippen molar-refractivity contribution in [2.24, 2.45) is 0 Å². The number of rotatable bonds is 0. The summed E-state index contributed by atoms with van der Waals surface area (Å²) in [6.45, 7) is 7.32. The lowest BCUT2D eigenvalue weighted by Gasteiger charge is -2.07. The highest BCUT2D eigenvalue weighted by atomic mass is 15.0. The topological polar surface area (TPSA) is 58.3 Å². The molecule has 0 atom stereocenters. The molecular weight excluding hydrogens is 310 g/mol. The summed E-state index contributed by atoms with van der Waals surface area (Å²) in [6, 6.07) is 20.1. The summed E-state index contributed by atoms with van der Waals surface area (Å²) in [4.78, 5) is 12.3. The van der Waals surface area contributed by atoms with Gasteiger partial charge < -0.3 is 4.85 Å². The van der Waals surface area contributed by atoms with Crippen LogP contribution in [0.1, 0.15) is 5.69 Å². The van der Waals surface area contributed by atoms with Crippen LogP contribution in [0, 0.1) is 17.9 Å². The quantitative estimate of drug-likeness (QED) is 0.309. The average molecular weight is 319 g/mol. The lowest BCUT2D eigenvalue weighted by atomic mass is 10.1. The van der Waals surface area contributed by atoms with Crippen molar-refractivity contribution in [2.75, 3.05) is 0 Å². The predicted octanol–water partition coefficient (Wildman–Crippen LogP) is 4.61. The van der Waals surface area contributed by atoms with Gasteiger partial charge in [-0.2, -0.15) is 5.26 Å². The Hall–Kier alpha value is -3.96. The van der Waals surface area contributed by atoms with Crippen LogP contribution in [-0.2, 0) is 0 Å². The van der Waals surface area contributed by atoms with Gasteiger partial charge >= 0.3 is 5.82 Å². The first-order valence-electron chi connectivity index (χ1n) is 7.72. The summed E-state index contributed by atoms with van der Waals surface area (Å²) < 4.78 is 2.02. The van der Waals surface area contributed by atoms with Crippen molar-refractivity contribution in [1.29, 1.82) is 5.26 Å². The molecule has 0 bridgehead atoms. The first-order valence-corrected chi connectivity index (χ1v) is 7.72. The second kappa shape index (κ2) is 4.77. The maximum Gasteiger partial charge on any atom is 0.308 e. The number of hydrogen-bond acceptors (Lipinski definition) is 3. The van der Waals surface area contributed by atoms with Crippen molar-refractivity contribution >= 4 is 44.2 Å². The lowest BCUT2D eigenvalue weighted by molar-refractivity contribution is 1.20. The molecule has 5 heteroatoms. The highest BCUT2D eigenvalue weighted by molar-refractivity contribution is 6.13. The van der Waals surface area contributed by atoms with Gasteiger partial charge in [-0.25, -0.2) is 4.98 Å². The molecule has 0 saturated carbocycles. The highest BCUT2D eigenvalue weighted by Crippen LogP contribution is 2.33. The van der Waals surface area contributed by atoms with Crippen molar-refractivity contribution in [3.8, 4) is 6.07 Å². The largest absolute Gasteiger partial charge is 0.358 e. The lowest BCUT2D eigenvalue weighted by Crippen LogP contribution is -1.98. The Kier molecular flexibility index (Phi) is 2.57. The number of nitrogens with zero attached hydrogens (tertiary/aromatic N) is 5. The minimum Gasteiger partial charge on any atom is -0.358 e. The van der Waals surface area contributed by atoms with Crippen LogP contribution in [-0.4, -0.2) is 14.4 Å². The van der Waals surface area contributed by atoms with E-state index in [4.69, 9.17) is 6.57 Å². The molecule has 0 spiro atoms. The molecule has 0 amide bonds. The Morgan fingerprint density at radius 3 is 2.52 bits per heavy atom. The van der Waals surface area contributed by atoms with Crippen molar-refractivity contribution in [1.82, 2.24) is 14.4 Å². The van der Waals surface area contributed by atoms with Gasteiger partial charge in [0.2, 0.25) is 0 Å². The molecule has 0 unspecified atom stereocenters. The molecule has 25 heavy (non-hydrogen) atoms. The van der Waals surface area contributed by atoms with Crippen LogP contribution in [0.2, 0.25) is 0 Å². The number of benzene rings is 2. The van der Waals surface area contributed by atoms with Gasteiger partial charge in [-0.3, -0.25) is 4.40 Å². The summed E-state index contributed by atoms with van der Waals surface area (Å²) >= 11 is 0. The van der Waals surface area contributed by atoms with Gasteiger partial charge in [0, 0.05) is 16.2 Å². The molecule has 3 aromatic heterocycles. The molecule has 0 saturated heterocycles. The Balaban J connectivity index is 2.19. The average Bonchev–Trinajstić information content (AvgIpc) is 3.07. The molecule has 2 aromatic carbocycles. The fourth-order valence-corrected chi connectivity index (χ4v) is 3.40. The Morgan fingerprint density at radius 2 is 1.72 bits per heavy atom. The van der Waals surface area contributed by atoms with E-state index in [0.29, 0.717) is 11.2 Å². The van der Waals surface area contributed by atoms with Gasteiger partial charge in [-0.1, -0.05) is 54.0 Å². The number of para-hydroxylation sites is 1. The molecule has 5 rings (SSSR count). The Morgan fingerprint density at radius 1 is 0.960 bits per heavy atom. The maximum atomic E-state index is 9.32. The van der Waals surface area contributed by atoms with E-state index < -0.39 is 0 Å². The van der Waals surface area contributed by atoms with E-state index in [2.05, 4.69) is 26.9 Å². The van der Waals surface area contributed by atoms with E-state index in [9.17, 15) is 5.26 Å². The second-order valence-corrected chi connectivity index (χ2v) is 5.76. The molecule has 5 nitrogen and oxygen atoms in total. The molecule has 0 aliphatic heterocycles. The summed E-state index contributed by atoms with van der Waals surface area (Å²) in [5, 5.41) is 12.4. The van der Waals surface area contributed by atoms with Crippen molar-refractivity contribution in [2.45, 2.75) is 0 Å². The number of hydrogen-bond donors (Lipinski definition) is 0. The number of nitriles is 1. The van der Waals surface area contributed by atoms with E-state index in [-0.39, 0.29) is 11.5 Å². The fraction of sp³-hybridized carbons (Fsp3) is 0. The van der Waals surface area contributed by atoms with Crippen LogP contribution in [0.15, 0.2) is 54.6 Å². The van der Waals surface area contributed by atoms with E-state index in [1.807, 2.05) is 52.9 Å². The highest BCUT2D eigenvalue weighted by Gasteiger charge is 2.19. The van der Waals surface area contributed by atoms with E-state index >= 15 is 0 Å². The SMILES string of the molecule is [C-]#[N+]c1nc2c(nc1C#N)c1ccccc1c1cc3ccccc3n12. The van der Waals surface area contributed by atoms with E-state index in [1.165, 1.54) is 0 Å². The molecule has 0 aliphatic rings. The molecular formula is C20H9N5. The third kappa shape index (κ3) is 1.69. The zero-order valence-electron chi connectivity index (χ0n) is 12.9. The predicted molar refractivity (Wildman–Crippen MR) is 96.5 cm³/mol. The Bertz CT molecular complexity index is 1410. The molecule has 0 radical (unpaired) electrons. The third-order valence-electron chi connectivity index (χ3n) is 4.45. The fourth-order valence-electron chi connectivity index (χ4n) is 3.40. The monoisotopic (exact) mass is 319 g/mol. The van der Waals surface area contributed by atoms with Gasteiger partial charge in [0.15, 0.2) is 5.69 Å². The first-order chi connectivity index (χ1) is 12.3. The zero-order valence-corrected chi connectivity index (χ0v) is 12.9.